The number of aryl methyl sites for hydroxylation is 1. The summed E-state index contributed by atoms with van der Waals surface area (Å²) in [6.07, 6.45) is 3.04. The van der Waals surface area contributed by atoms with Gasteiger partial charge >= 0.3 is 0 Å². The first-order chi connectivity index (χ1) is 7.68. The van der Waals surface area contributed by atoms with E-state index in [0.29, 0.717) is 11.3 Å². The van der Waals surface area contributed by atoms with Crippen LogP contribution in [0.25, 0.3) is 0 Å². The lowest BCUT2D eigenvalue weighted by Gasteiger charge is -1.99. The van der Waals surface area contributed by atoms with E-state index in [1.807, 2.05) is 0 Å². The third-order valence-electron chi connectivity index (χ3n) is 1.93. The van der Waals surface area contributed by atoms with Gasteiger partial charge in [-0.3, -0.25) is 9.78 Å². The Labute approximate surface area is 96.5 Å². The molecule has 0 radical (unpaired) electrons. The van der Waals surface area contributed by atoms with E-state index >= 15 is 0 Å². The Morgan fingerprint density at radius 1 is 1.38 bits per heavy atom. The molecule has 0 spiro atoms. The molecular weight excluding hydrogens is 228 g/mol. The fourth-order valence-corrected chi connectivity index (χ4v) is 1.19. The van der Waals surface area contributed by atoms with Crippen LogP contribution < -0.4 is 0 Å². The second-order valence-corrected chi connectivity index (χ2v) is 3.44. The van der Waals surface area contributed by atoms with E-state index in [9.17, 15) is 4.79 Å². The summed E-state index contributed by atoms with van der Waals surface area (Å²) < 4.78 is 0. The molecule has 0 aromatic carbocycles. The lowest BCUT2D eigenvalue weighted by atomic mass is 10.2. The molecule has 0 fully saturated rings. The maximum atomic E-state index is 11.9. The molecule has 2 aromatic rings. The molecule has 16 heavy (non-hydrogen) atoms. The molecule has 0 unspecified atom stereocenters. The first kappa shape index (κ1) is 10.6. The molecule has 0 aliphatic rings. The molecule has 2 rings (SSSR count). The average Bonchev–Trinajstić information content (AvgIpc) is 2.33. The van der Waals surface area contributed by atoms with Crippen molar-refractivity contribution < 1.29 is 4.79 Å². The summed E-state index contributed by atoms with van der Waals surface area (Å²) in [7, 11) is 0. The maximum absolute atomic E-state index is 11.9. The average molecular weight is 235 g/mol. The highest BCUT2D eigenvalue weighted by atomic mass is 35.5. The zero-order valence-electron chi connectivity index (χ0n) is 8.38. The van der Waals surface area contributed by atoms with Crippen LogP contribution in [0.1, 0.15) is 21.9 Å². The van der Waals surface area contributed by atoms with Gasteiger partial charge in [-0.05, 0) is 19.1 Å². The molecule has 2 aromatic heterocycles. The lowest BCUT2D eigenvalue weighted by Crippen LogP contribution is -2.10. The highest BCUT2D eigenvalue weighted by molar-refractivity contribution is 6.29. The SMILES string of the molecule is Cc1nc(C(=O)c2cccnc2)nnc1Cl. The monoisotopic (exact) mass is 234 g/mol. The fourth-order valence-electron chi connectivity index (χ4n) is 1.11. The molecule has 0 bridgehead atoms. The number of ketones is 1. The molecule has 6 heteroatoms. The van der Waals surface area contributed by atoms with Crippen molar-refractivity contribution in [1.82, 2.24) is 20.2 Å². The zero-order valence-corrected chi connectivity index (χ0v) is 9.14. The molecule has 80 valence electrons. The second kappa shape index (κ2) is 4.32. The van der Waals surface area contributed by atoms with Gasteiger partial charge in [-0.2, -0.15) is 0 Å². The maximum Gasteiger partial charge on any atom is 0.233 e. The Bertz CT molecular complexity index is 530. The molecule has 0 saturated carbocycles. The summed E-state index contributed by atoms with van der Waals surface area (Å²) in [5, 5.41) is 7.48. The van der Waals surface area contributed by atoms with Crippen molar-refractivity contribution >= 4 is 17.4 Å². The predicted octanol–water partition coefficient (Wildman–Crippen LogP) is 1.46. The van der Waals surface area contributed by atoms with Gasteiger partial charge in [0.2, 0.25) is 11.6 Å². The number of halogens is 1. The van der Waals surface area contributed by atoms with E-state index in [0.717, 1.165) is 0 Å². The van der Waals surface area contributed by atoms with Crippen LogP contribution in [0.4, 0.5) is 0 Å². The van der Waals surface area contributed by atoms with Gasteiger partial charge in [0.05, 0.1) is 5.69 Å². The van der Waals surface area contributed by atoms with Crippen molar-refractivity contribution in [3.8, 4) is 0 Å². The minimum absolute atomic E-state index is 0.0231. The lowest BCUT2D eigenvalue weighted by molar-refractivity contribution is 0.102. The summed E-state index contributed by atoms with van der Waals surface area (Å²) in [6.45, 7) is 1.66. The Balaban J connectivity index is 2.39. The van der Waals surface area contributed by atoms with Gasteiger partial charge in [0.1, 0.15) is 0 Å². The molecular formula is C10H7ClN4O. The minimum atomic E-state index is -0.319. The van der Waals surface area contributed by atoms with Crippen LogP contribution in [0.5, 0.6) is 0 Å². The van der Waals surface area contributed by atoms with Gasteiger partial charge in [0, 0.05) is 18.0 Å². The molecule has 5 nitrogen and oxygen atoms in total. The van der Waals surface area contributed by atoms with Crippen LogP contribution in [-0.4, -0.2) is 25.9 Å². The summed E-state index contributed by atoms with van der Waals surface area (Å²) in [5.74, 6) is -0.296. The number of pyridine rings is 1. The first-order valence-electron chi connectivity index (χ1n) is 4.50. The van der Waals surface area contributed by atoms with Crippen molar-refractivity contribution in [1.29, 1.82) is 0 Å². The third kappa shape index (κ3) is 2.04. The topological polar surface area (TPSA) is 68.6 Å². The number of hydrogen-bond acceptors (Lipinski definition) is 5. The molecule has 0 N–H and O–H groups in total. The van der Waals surface area contributed by atoms with E-state index in [2.05, 4.69) is 20.2 Å². The summed E-state index contributed by atoms with van der Waals surface area (Å²) >= 11 is 5.67. The van der Waals surface area contributed by atoms with Crippen LogP contribution in [-0.2, 0) is 0 Å². The fraction of sp³-hybridized carbons (Fsp3) is 0.100. The van der Waals surface area contributed by atoms with E-state index in [-0.39, 0.29) is 16.8 Å². The largest absolute Gasteiger partial charge is 0.285 e. The van der Waals surface area contributed by atoms with Crippen molar-refractivity contribution in [2.75, 3.05) is 0 Å². The van der Waals surface area contributed by atoms with Gasteiger partial charge < -0.3 is 0 Å². The quantitative estimate of drug-likeness (QED) is 0.736. The predicted molar refractivity (Wildman–Crippen MR) is 57.2 cm³/mol. The Kier molecular flexibility index (Phi) is 2.87. The van der Waals surface area contributed by atoms with Crippen LogP contribution in [0, 0.1) is 6.92 Å². The molecule has 0 amide bonds. The van der Waals surface area contributed by atoms with Crippen LogP contribution in [0.3, 0.4) is 0 Å². The number of aromatic nitrogens is 4. The van der Waals surface area contributed by atoms with Crippen molar-refractivity contribution in [3.05, 3.63) is 46.8 Å². The Hall–Kier alpha value is -1.88. The number of rotatable bonds is 2. The number of hydrogen-bond donors (Lipinski definition) is 0. The van der Waals surface area contributed by atoms with Gasteiger partial charge in [-0.15, -0.1) is 10.2 Å². The highest BCUT2D eigenvalue weighted by Gasteiger charge is 2.14. The van der Waals surface area contributed by atoms with Gasteiger partial charge in [-0.1, -0.05) is 11.6 Å². The Morgan fingerprint density at radius 3 is 2.81 bits per heavy atom. The highest BCUT2D eigenvalue weighted by Crippen LogP contribution is 2.09. The summed E-state index contributed by atoms with van der Waals surface area (Å²) in [4.78, 5) is 19.7. The standard InChI is InChI=1S/C10H7ClN4O/c1-6-9(11)14-15-10(13-6)8(16)7-3-2-4-12-5-7/h2-5H,1H3. The van der Waals surface area contributed by atoms with E-state index in [4.69, 9.17) is 11.6 Å². The Morgan fingerprint density at radius 2 is 2.19 bits per heavy atom. The van der Waals surface area contributed by atoms with Gasteiger partial charge in [0.15, 0.2) is 5.15 Å². The molecule has 0 saturated heterocycles. The number of carbonyl (C=O) groups excluding carboxylic acids is 1. The van der Waals surface area contributed by atoms with E-state index < -0.39 is 0 Å². The van der Waals surface area contributed by atoms with Gasteiger partial charge in [0.25, 0.3) is 0 Å². The van der Waals surface area contributed by atoms with Crippen LogP contribution in [0.15, 0.2) is 24.5 Å². The summed E-state index contributed by atoms with van der Waals surface area (Å²) in [5.41, 5.74) is 0.898. The molecule has 0 aliphatic heterocycles. The first-order valence-corrected chi connectivity index (χ1v) is 4.88. The normalized spacial score (nSPS) is 10.1. The van der Waals surface area contributed by atoms with Crippen LogP contribution >= 0.6 is 11.6 Å². The molecule has 2 heterocycles. The zero-order chi connectivity index (χ0) is 11.5. The third-order valence-corrected chi connectivity index (χ3v) is 2.28. The number of nitrogens with zero attached hydrogens (tertiary/aromatic N) is 4. The van der Waals surface area contributed by atoms with Crippen molar-refractivity contribution in [2.24, 2.45) is 0 Å². The number of carbonyl (C=O) groups is 1. The molecule has 0 aliphatic carbocycles. The minimum Gasteiger partial charge on any atom is -0.285 e. The van der Waals surface area contributed by atoms with Gasteiger partial charge in [-0.25, -0.2) is 4.98 Å². The van der Waals surface area contributed by atoms with Crippen molar-refractivity contribution in [2.45, 2.75) is 6.92 Å². The van der Waals surface area contributed by atoms with Crippen LogP contribution in [0.2, 0.25) is 5.15 Å². The smallest absolute Gasteiger partial charge is 0.233 e. The molecule has 0 atom stereocenters. The second-order valence-electron chi connectivity index (χ2n) is 3.08. The van der Waals surface area contributed by atoms with E-state index in [1.54, 1.807) is 25.3 Å². The summed E-state index contributed by atoms with van der Waals surface area (Å²) in [6, 6.07) is 3.31. The van der Waals surface area contributed by atoms with E-state index in [1.165, 1.54) is 6.20 Å². The van der Waals surface area contributed by atoms with Crippen molar-refractivity contribution in [3.63, 3.8) is 0 Å².